The lowest BCUT2D eigenvalue weighted by Gasteiger charge is -2.09. The molecule has 3 aromatic rings. The summed E-state index contributed by atoms with van der Waals surface area (Å²) in [6.07, 6.45) is 0.970. The maximum atomic E-state index is 11.1. The van der Waals surface area contributed by atoms with Crippen LogP contribution >= 0.6 is 0 Å². The van der Waals surface area contributed by atoms with E-state index in [1.807, 2.05) is 36.4 Å². The molecule has 0 aliphatic carbocycles. The lowest BCUT2D eigenvalue weighted by molar-refractivity contribution is -0.114. The van der Waals surface area contributed by atoms with Gasteiger partial charge in [-0.15, -0.1) is 0 Å². The summed E-state index contributed by atoms with van der Waals surface area (Å²) in [6.45, 7) is 5.45. The van der Waals surface area contributed by atoms with Gasteiger partial charge >= 0.3 is 0 Å². The third kappa shape index (κ3) is 5.96. The van der Waals surface area contributed by atoms with Crippen molar-refractivity contribution < 1.29 is 9.53 Å². The highest BCUT2D eigenvalue weighted by molar-refractivity contribution is 5.88. The topological polar surface area (TPSA) is 50.4 Å². The molecule has 3 aromatic carbocycles. The number of benzene rings is 3. The van der Waals surface area contributed by atoms with Crippen LogP contribution in [-0.4, -0.2) is 12.5 Å². The molecule has 2 N–H and O–H groups in total. The maximum Gasteiger partial charge on any atom is 0.221 e. The number of amides is 1. The molecule has 4 heteroatoms. The van der Waals surface area contributed by atoms with Crippen LogP contribution in [0.1, 0.15) is 23.6 Å². The monoisotopic (exact) mass is 374 g/mol. The molecule has 0 saturated heterocycles. The van der Waals surface area contributed by atoms with Gasteiger partial charge in [0.15, 0.2) is 0 Å². The largest absolute Gasteiger partial charge is 0.457 e. The Balaban J connectivity index is 1.45. The Morgan fingerprint density at radius 2 is 1.54 bits per heavy atom. The minimum absolute atomic E-state index is 0.0855. The van der Waals surface area contributed by atoms with E-state index < -0.39 is 0 Å². The summed E-state index contributed by atoms with van der Waals surface area (Å²) in [5.74, 6) is 1.45. The van der Waals surface area contributed by atoms with E-state index >= 15 is 0 Å². The van der Waals surface area contributed by atoms with Crippen LogP contribution in [0.3, 0.4) is 0 Å². The Hall–Kier alpha value is -3.11. The van der Waals surface area contributed by atoms with Gasteiger partial charge in [0.25, 0.3) is 0 Å². The van der Waals surface area contributed by atoms with Gasteiger partial charge in [0.1, 0.15) is 11.5 Å². The molecule has 0 fully saturated rings. The van der Waals surface area contributed by atoms with Gasteiger partial charge in [-0.2, -0.15) is 0 Å². The summed E-state index contributed by atoms with van der Waals surface area (Å²) in [7, 11) is 0. The number of aryl methyl sites for hydroxylation is 1. The lowest BCUT2D eigenvalue weighted by Crippen LogP contribution is -2.17. The smallest absolute Gasteiger partial charge is 0.221 e. The fourth-order valence-electron chi connectivity index (χ4n) is 2.93. The van der Waals surface area contributed by atoms with Crippen molar-refractivity contribution in [1.82, 2.24) is 5.32 Å². The van der Waals surface area contributed by atoms with E-state index in [1.165, 1.54) is 23.6 Å². The maximum absolute atomic E-state index is 11.1. The van der Waals surface area contributed by atoms with Gasteiger partial charge in [0, 0.05) is 19.2 Å². The summed E-state index contributed by atoms with van der Waals surface area (Å²) < 4.78 is 5.86. The van der Waals surface area contributed by atoms with Crippen molar-refractivity contribution >= 4 is 11.6 Å². The second-order valence-corrected chi connectivity index (χ2v) is 6.80. The van der Waals surface area contributed by atoms with Gasteiger partial charge in [0.05, 0.1) is 0 Å². The summed E-state index contributed by atoms with van der Waals surface area (Å²) in [4.78, 5) is 11.1. The van der Waals surface area contributed by atoms with Crippen molar-refractivity contribution in [3.8, 4) is 11.5 Å². The Labute approximate surface area is 166 Å². The Bertz CT molecular complexity index is 903. The Kier molecular flexibility index (Phi) is 6.82. The van der Waals surface area contributed by atoms with E-state index in [4.69, 9.17) is 4.74 Å². The van der Waals surface area contributed by atoms with Gasteiger partial charge in [-0.25, -0.2) is 0 Å². The van der Waals surface area contributed by atoms with Crippen molar-refractivity contribution in [3.05, 3.63) is 89.5 Å². The van der Waals surface area contributed by atoms with Crippen molar-refractivity contribution in [2.45, 2.75) is 26.8 Å². The highest BCUT2D eigenvalue weighted by atomic mass is 16.5. The number of carbonyl (C=O) groups excluding carboxylic acids is 1. The first-order valence-electron chi connectivity index (χ1n) is 9.50. The third-order valence-corrected chi connectivity index (χ3v) is 4.50. The number of hydrogen-bond acceptors (Lipinski definition) is 3. The molecule has 4 nitrogen and oxygen atoms in total. The number of nitrogens with one attached hydrogen (secondary N) is 2. The molecule has 0 atom stereocenters. The van der Waals surface area contributed by atoms with Gasteiger partial charge in [-0.1, -0.05) is 36.4 Å². The molecule has 1 amide bonds. The Morgan fingerprint density at radius 1 is 0.893 bits per heavy atom. The molecule has 0 aromatic heterocycles. The number of rotatable bonds is 8. The molecule has 0 unspecified atom stereocenters. The zero-order valence-electron chi connectivity index (χ0n) is 16.4. The van der Waals surface area contributed by atoms with Crippen LogP contribution in [-0.2, 0) is 17.8 Å². The van der Waals surface area contributed by atoms with Crippen LogP contribution in [0.25, 0.3) is 0 Å². The van der Waals surface area contributed by atoms with Gasteiger partial charge in [0.2, 0.25) is 5.91 Å². The zero-order valence-corrected chi connectivity index (χ0v) is 16.4. The molecule has 0 spiro atoms. The van der Waals surface area contributed by atoms with Crippen LogP contribution in [0, 0.1) is 6.92 Å². The van der Waals surface area contributed by atoms with Crippen LogP contribution in [0.5, 0.6) is 11.5 Å². The predicted molar refractivity (Wildman–Crippen MR) is 114 cm³/mol. The van der Waals surface area contributed by atoms with Crippen molar-refractivity contribution in [3.63, 3.8) is 0 Å². The summed E-state index contributed by atoms with van der Waals surface area (Å²) in [5, 5.41) is 6.24. The number of anilines is 1. The minimum atomic E-state index is -0.0855. The highest BCUT2D eigenvalue weighted by Gasteiger charge is 2.01. The fourth-order valence-corrected chi connectivity index (χ4v) is 2.93. The standard InChI is InChI=1S/C24H26N2O2/c1-18-5-3-4-6-21(18)17-25-16-15-20-7-11-23(12-8-20)28-24-13-9-22(10-14-24)26-19(2)27/h3-14,25H,15-17H2,1-2H3,(H,26,27). The molecule has 0 aliphatic heterocycles. The first-order chi connectivity index (χ1) is 13.6. The number of ether oxygens (including phenoxy) is 1. The highest BCUT2D eigenvalue weighted by Crippen LogP contribution is 2.23. The molecule has 3 rings (SSSR count). The van der Waals surface area contributed by atoms with Gasteiger partial charge in [-0.05, 0) is 73.0 Å². The first-order valence-corrected chi connectivity index (χ1v) is 9.50. The number of hydrogen-bond donors (Lipinski definition) is 2. The second kappa shape index (κ2) is 9.72. The second-order valence-electron chi connectivity index (χ2n) is 6.80. The minimum Gasteiger partial charge on any atom is -0.457 e. The molecule has 0 aliphatic rings. The van der Waals surface area contributed by atoms with E-state index in [1.54, 1.807) is 0 Å². The zero-order chi connectivity index (χ0) is 19.8. The average Bonchev–Trinajstić information content (AvgIpc) is 2.69. The molecule has 28 heavy (non-hydrogen) atoms. The van der Waals surface area contributed by atoms with E-state index in [9.17, 15) is 4.79 Å². The van der Waals surface area contributed by atoms with E-state index in [-0.39, 0.29) is 5.91 Å². The molecule has 0 bridgehead atoms. The molecular weight excluding hydrogens is 348 g/mol. The summed E-state index contributed by atoms with van der Waals surface area (Å²) in [6, 6.07) is 23.9. The van der Waals surface area contributed by atoms with Gasteiger partial charge in [-0.3, -0.25) is 4.79 Å². The Morgan fingerprint density at radius 3 is 2.18 bits per heavy atom. The molecule has 0 heterocycles. The van der Waals surface area contributed by atoms with Crippen LogP contribution in [0.4, 0.5) is 5.69 Å². The van der Waals surface area contributed by atoms with Gasteiger partial charge < -0.3 is 15.4 Å². The first kappa shape index (κ1) is 19.6. The predicted octanol–water partition coefficient (Wildman–Crippen LogP) is 5.08. The normalized spacial score (nSPS) is 10.5. The van der Waals surface area contributed by atoms with Crippen LogP contribution in [0.2, 0.25) is 0 Å². The van der Waals surface area contributed by atoms with Crippen LogP contribution in [0.15, 0.2) is 72.8 Å². The van der Waals surface area contributed by atoms with Crippen molar-refractivity contribution in [2.75, 3.05) is 11.9 Å². The molecule has 0 radical (unpaired) electrons. The average molecular weight is 374 g/mol. The van der Waals surface area contributed by atoms with E-state index in [2.05, 4.69) is 54.0 Å². The summed E-state index contributed by atoms with van der Waals surface area (Å²) >= 11 is 0. The fraction of sp³-hybridized carbons (Fsp3) is 0.208. The molecular formula is C24H26N2O2. The SMILES string of the molecule is CC(=O)Nc1ccc(Oc2ccc(CCNCc3ccccc3C)cc2)cc1. The van der Waals surface area contributed by atoms with Crippen LogP contribution < -0.4 is 15.4 Å². The van der Waals surface area contributed by atoms with Crippen molar-refractivity contribution in [1.29, 1.82) is 0 Å². The van der Waals surface area contributed by atoms with E-state index in [0.717, 1.165) is 36.7 Å². The molecule has 144 valence electrons. The lowest BCUT2D eigenvalue weighted by atomic mass is 10.1. The summed E-state index contributed by atoms with van der Waals surface area (Å²) in [5.41, 5.74) is 4.69. The number of carbonyl (C=O) groups is 1. The quantitative estimate of drug-likeness (QED) is 0.541. The third-order valence-electron chi connectivity index (χ3n) is 4.50. The van der Waals surface area contributed by atoms with Crippen molar-refractivity contribution in [2.24, 2.45) is 0 Å². The molecule has 0 saturated carbocycles. The van der Waals surface area contributed by atoms with E-state index in [0.29, 0.717) is 0 Å².